The number of aromatic nitrogens is 1. The van der Waals surface area contributed by atoms with E-state index in [1.54, 1.807) is 13.1 Å². The van der Waals surface area contributed by atoms with Crippen molar-refractivity contribution in [3.05, 3.63) is 47.5 Å². The smallest absolute Gasteiger partial charge is 0.212 e. The lowest BCUT2D eigenvalue weighted by Crippen LogP contribution is -2.41. The van der Waals surface area contributed by atoms with Crippen molar-refractivity contribution in [2.75, 3.05) is 25.0 Å². The highest BCUT2D eigenvalue weighted by atomic mass is 19.1. The number of anilines is 1. The molecule has 0 spiro atoms. The fraction of sp³-hybridized carbons (Fsp3) is 0.333. The average molecular weight is 378 g/mol. The van der Waals surface area contributed by atoms with E-state index in [4.69, 9.17) is 10.8 Å². The first-order chi connectivity index (χ1) is 13.5. The Balaban J connectivity index is 1.95. The molecule has 0 atom stereocenters. The normalized spacial score (nSPS) is 14.4. The third-order valence-corrected chi connectivity index (χ3v) is 5.29. The van der Waals surface area contributed by atoms with E-state index in [9.17, 15) is 9.65 Å². The van der Waals surface area contributed by atoms with Gasteiger partial charge in [-0.15, -0.1) is 0 Å². The van der Waals surface area contributed by atoms with Crippen molar-refractivity contribution >= 4 is 17.9 Å². The number of halogens is 1. The van der Waals surface area contributed by atoms with Gasteiger partial charge in [0.05, 0.1) is 17.6 Å². The van der Waals surface area contributed by atoms with Gasteiger partial charge < -0.3 is 9.80 Å². The van der Waals surface area contributed by atoms with E-state index in [2.05, 4.69) is 16.0 Å². The minimum absolute atomic E-state index is 0.0918. The number of piperidine rings is 1. The first kappa shape index (κ1) is 19.5. The average Bonchev–Trinajstić information content (AvgIpc) is 2.73. The van der Waals surface area contributed by atoms with Crippen molar-refractivity contribution in [3.63, 3.8) is 0 Å². The topological polar surface area (TPSA) is 90.9 Å². The predicted molar refractivity (Wildman–Crippen MR) is 108 cm³/mol. The molecule has 7 heteroatoms. The monoisotopic (exact) mass is 378 g/mol. The Morgan fingerprint density at radius 3 is 2.61 bits per heavy atom. The molecule has 1 saturated heterocycles. The molecular weight excluding hydrogens is 355 g/mol. The number of pyridine rings is 1. The Morgan fingerprint density at radius 1 is 1.32 bits per heavy atom. The van der Waals surface area contributed by atoms with Gasteiger partial charge in [0.1, 0.15) is 11.9 Å². The fourth-order valence-electron chi connectivity index (χ4n) is 3.73. The predicted octanol–water partition coefficient (Wildman–Crippen LogP) is 3.80. The van der Waals surface area contributed by atoms with Crippen LogP contribution in [0.25, 0.3) is 11.1 Å². The lowest BCUT2D eigenvalue weighted by molar-refractivity contribution is 0.473. The zero-order valence-corrected chi connectivity index (χ0v) is 16.0. The van der Waals surface area contributed by atoms with Crippen LogP contribution < -0.4 is 4.90 Å². The van der Waals surface area contributed by atoms with Gasteiger partial charge in [0.2, 0.25) is 5.95 Å². The maximum absolute atomic E-state index is 13.3. The summed E-state index contributed by atoms with van der Waals surface area (Å²) in [7, 11) is 1.72. The molecule has 1 aliphatic rings. The third kappa shape index (κ3) is 3.72. The Morgan fingerprint density at radius 2 is 2.04 bits per heavy atom. The zero-order chi connectivity index (χ0) is 20.3. The van der Waals surface area contributed by atoms with Gasteiger partial charge in [0.25, 0.3) is 0 Å². The largest absolute Gasteiger partial charge is 0.370 e. The number of hydrogen-bond acceptors (Lipinski definition) is 5. The Kier molecular flexibility index (Phi) is 5.69. The molecule has 1 fully saturated rings. The van der Waals surface area contributed by atoms with E-state index in [-0.39, 0.29) is 5.92 Å². The molecule has 0 bridgehead atoms. The van der Waals surface area contributed by atoms with Gasteiger partial charge in [0.15, 0.2) is 0 Å². The van der Waals surface area contributed by atoms with Crippen LogP contribution in [-0.4, -0.2) is 42.2 Å². The second-order valence-corrected chi connectivity index (χ2v) is 7.02. The number of nitrogens with zero attached hydrogens (tertiary/aromatic N) is 4. The molecule has 6 nitrogen and oxygen atoms in total. The van der Waals surface area contributed by atoms with Crippen molar-refractivity contribution in [1.29, 1.82) is 16.1 Å². The third-order valence-electron chi connectivity index (χ3n) is 5.29. The molecule has 2 N–H and O–H groups in total. The summed E-state index contributed by atoms with van der Waals surface area (Å²) >= 11 is 0. The molecule has 2 heterocycles. The number of nitrogens with one attached hydrogen (secondary N) is 2. The molecule has 1 aromatic carbocycles. The van der Waals surface area contributed by atoms with Gasteiger partial charge in [-0.2, -0.15) is 9.65 Å². The van der Waals surface area contributed by atoms with E-state index < -0.39 is 5.95 Å². The van der Waals surface area contributed by atoms with Crippen LogP contribution in [0.15, 0.2) is 30.5 Å². The summed E-state index contributed by atoms with van der Waals surface area (Å²) in [5, 5.41) is 25.2. The molecule has 2 aromatic rings. The van der Waals surface area contributed by atoms with E-state index >= 15 is 0 Å². The number of nitriles is 1. The van der Waals surface area contributed by atoms with Crippen molar-refractivity contribution in [2.45, 2.75) is 19.8 Å². The van der Waals surface area contributed by atoms with Crippen molar-refractivity contribution < 1.29 is 4.39 Å². The molecule has 28 heavy (non-hydrogen) atoms. The van der Waals surface area contributed by atoms with Gasteiger partial charge >= 0.3 is 0 Å². The van der Waals surface area contributed by atoms with Crippen molar-refractivity contribution in [2.24, 2.45) is 5.92 Å². The van der Waals surface area contributed by atoms with Crippen LogP contribution in [0.1, 0.15) is 24.0 Å². The lowest BCUT2D eigenvalue weighted by atomic mass is 9.91. The number of rotatable bonds is 4. The second kappa shape index (κ2) is 8.17. The van der Waals surface area contributed by atoms with Crippen LogP contribution in [0.5, 0.6) is 0 Å². The van der Waals surface area contributed by atoms with Gasteiger partial charge in [-0.05, 0) is 43.5 Å². The molecule has 0 unspecified atom stereocenters. The SMILES string of the molecule is Cc1ccc(C#N)c(N2CCC(C(=N)N(C)C=N)CC2)c1-c1ccc(F)nc1. The molecule has 0 saturated carbocycles. The van der Waals surface area contributed by atoms with E-state index in [0.717, 1.165) is 41.6 Å². The summed E-state index contributed by atoms with van der Waals surface area (Å²) in [5.41, 5.74) is 4.11. The number of aryl methyl sites for hydroxylation is 1. The van der Waals surface area contributed by atoms with Gasteiger partial charge in [-0.25, -0.2) is 4.98 Å². The Labute approximate surface area is 164 Å². The number of hydrogen-bond donors (Lipinski definition) is 2. The Bertz CT molecular complexity index is 923. The highest BCUT2D eigenvalue weighted by Gasteiger charge is 2.27. The van der Waals surface area contributed by atoms with Gasteiger partial charge in [0, 0.05) is 43.4 Å². The standard InChI is InChI=1S/C21H23FN6/c1-14-3-4-16(11-23)20(19(14)17-5-6-18(22)26-12-17)28-9-7-15(8-10-28)21(25)27(2)13-24/h3-6,12-13,15,24-25H,7-10H2,1-2H3. The van der Waals surface area contributed by atoms with Crippen LogP contribution in [-0.2, 0) is 0 Å². The first-order valence-electron chi connectivity index (χ1n) is 9.18. The van der Waals surface area contributed by atoms with Gasteiger partial charge in [-0.3, -0.25) is 10.8 Å². The number of benzene rings is 1. The maximum atomic E-state index is 13.3. The molecule has 1 aromatic heterocycles. The molecule has 0 amide bonds. The van der Waals surface area contributed by atoms with E-state index in [1.807, 2.05) is 19.1 Å². The quantitative estimate of drug-likeness (QED) is 0.481. The minimum Gasteiger partial charge on any atom is -0.370 e. The summed E-state index contributed by atoms with van der Waals surface area (Å²) in [4.78, 5) is 7.49. The fourth-order valence-corrected chi connectivity index (χ4v) is 3.73. The van der Waals surface area contributed by atoms with Crippen LogP contribution in [0.2, 0.25) is 0 Å². The molecule has 0 aliphatic carbocycles. The molecular formula is C21H23FN6. The zero-order valence-electron chi connectivity index (χ0n) is 16.0. The summed E-state index contributed by atoms with van der Waals surface area (Å²) in [6, 6.07) is 9.04. The molecule has 0 radical (unpaired) electrons. The van der Waals surface area contributed by atoms with E-state index in [0.29, 0.717) is 24.5 Å². The van der Waals surface area contributed by atoms with Crippen molar-refractivity contribution in [3.8, 4) is 17.2 Å². The minimum atomic E-state index is -0.533. The highest BCUT2D eigenvalue weighted by molar-refractivity contribution is 5.91. The molecule has 144 valence electrons. The van der Waals surface area contributed by atoms with Crippen LogP contribution >= 0.6 is 0 Å². The van der Waals surface area contributed by atoms with Crippen LogP contribution in [0, 0.1) is 40.9 Å². The summed E-state index contributed by atoms with van der Waals surface area (Å²) < 4.78 is 13.3. The highest BCUT2D eigenvalue weighted by Crippen LogP contribution is 2.38. The van der Waals surface area contributed by atoms with Crippen LogP contribution in [0.4, 0.5) is 10.1 Å². The summed E-state index contributed by atoms with van der Waals surface area (Å²) in [6.45, 7) is 3.39. The lowest BCUT2D eigenvalue weighted by Gasteiger charge is -2.36. The van der Waals surface area contributed by atoms with Crippen molar-refractivity contribution in [1.82, 2.24) is 9.88 Å². The van der Waals surface area contributed by atoms with Gasteiger partial charge in [-0.1, -0.05) is 6.07 Å². The second-order valence-electron chi connectivity index (χ2n) is 7.02. The molecule has 3 rings (SSSR count). The Hall–Kier alpha value is -3.27. The number of amidine groups is 1. The van der Waals surface area contributed by atoms with Crippen LogP contribution in [0.3, 0.4) is 0 Å². The maximum Gasteiger partial charge on any atom is 0.212 e. The first-order valence-corrected chi connectivity index (χ1v) is 9.18. The summed E-state index contributed by atoms with van der Waals surface area (Å²) in [5.74, 6) is 0.00512. The molecule has 1 aliphatic heterocycles. The summed E-state index contributed by atoms with van der Waals surface area (Å²) in [6.07, 6.45) is 4.21. The van der Waals surface area contributed by atoms with E-state index in [1.165, 1.54) is 17.2 Å².